The van der Waals surface area contributed by atoms with Crippen molar-refractivity contribution < 1.29 is 0 Å². The van der Waals surface area contributed by atoms with Gasteiger partial charge in [-0.15, -0.1) is 11.3 Å². The van der Waals surface area contributed by atoms with Crippen LogP contribution in [0.25, 0.3) is 0 Å². The minimum Gasteiger partial charge on any atom is -0.144 e. The van der Waals surface area contributed by atoms with E-state index in [1.165, 1.54) is 30.3 Å². The highest BCUT2D eigenvalue weighted by molar-refractivity contribution is 7.43. The van der Waals surface area contributed by atoms with Gasteiger partial charge < -0.3 is 0 Å². The van der Waals surface area contributed by atoms with Crippen molar-refractivity contribution in [2.24, 2.45) is 0 Å². The molecule has 1 heterocycles. The zero-order valence-electron chi connectivity index (χ0n) is 5.89. The monoisotopic (exact) mass is 170 g/mol. The van der Waals surface area contributed by atoms with Gasteiger partial charge in [-0.3, -0.25) is 0 Å². The Balaban J connectivity index is 2.45. The Morgan fingerprint density at radius 1 is 1.30 bits per heavy atom. The quantitative estimate of drug-likeness (QED) is 0.523. The smallest absolute Gasteiger partial charge is 0.0251 e. The lowest BCUT2D eigenvalue weighted by molar-refractivity contribution is 0.692. The van der Waals surface area contributed by atoms with Crippen LogP contribution < -0.4 is 4.62 Å². The molecule has 0 saturated carbocycles. The maximum absolute atomic E-state index is 2.83. The predicted octanol–water partition coefficient (Wildman–Crippen LogP) is 2.13. The minimum absolute atomic E-state index is 1.32. The second-order valence-electron chi connectivity index (χ2n) is 2.81. The van der Waals surface area contributed by atoms with Crippen LogP contribution in [0.5, 0.6) is 0 Å². The van der Waals surface area contributed by atoms with Crippen molar-refractivity contribution in [3.63, 3.8) is 0 Å². The summed E-state index contributed by atoms with van der Waals surface area (Å²) in [5.74, 6) is 0. The fraction of sp³-hybridized carbons (Fsp3) is 0.500. The van der Waals surface area contributed by atoms with Crippen molar-refractivity contribution >= 4 is 25.2 Å². The van der Waals surface area contributed by atoms with Crippen LogP contribution in [0.1, 0.15) is 24.0 Å². The first kappa shape index (κ1) is 6.82. The summed E-state index contributed by atoms with van der Waals surface area (Å²) in [5.41, 5.74) is 3.24. The normalized spacial score (nSPS) is 16.9. The second-order valence-corrected chi connectivity index (χ2v) is 4.72. The highest BCUT2D eigenvalue weighted by Crippen LogP contribution is 2.24. The van der Waals surface area contributed by atoms with E-state index in [1.807, 2.05) is 11.3 Å². The highest BCUT2D eigenvalue weighted by Gasteiger charge is 2.11. The molecule has 1 aromatic heterocycles. The van der Waals surface area contributed by atoms with Gasteiger partial charge in [0, 0.05) is 4.62 Å². The summed E-state index contributed by atoms with van der Waals surface area (Å²) in [6, 6.07) is 0. The van der Waals surface area contributed by atoms with Gasteiger partial charge in [0.15, 0.2) is 0 Å². The summed E-state index contributed by atoms with van der Waals surface area (Å²) in [4.78, 5) is 0. The van der Waals surface area contributed by atoms with Crippen LogP contribution in [0, 0.1) is 0 Å². The zero-order chi connectivity index (χ0) is 6.97. The molecule has 0 amide bonds. The second kappa shape index (κ2) is 2.64. The SMILES string of the molecule is Pc1scc2c1CCCC2. The standard InChI is InChI=1S/C8H11PS/c9-8-7-4-2-1-3-6(7)5-10-8/h5H,1-4,9H2. The Morgan fingerprint density at radius 2 is 2.10 bits per heavy atom. The number of thiophene rings is 1. The molecule has 1 unspecified atom stereocenters. The van der Waals surface area contributed by atoms with Crippen LogP contribution in [-0.2, 0) is 12.8 Å². The van der Waals surface area contributed by atoms with E-state index >= 15 is 0 Å². The Labute approximate surface area is 67.9 Å². The maximum Gasteiger partial charge on any atom is 0.0251 e. The molecule has 2 heteroatoms. The van der Waals surface area contributed by atoms with Gasteiger partial charge in [0.1, 0.15) is 0 Å². The minimum atomic E-state index is 1.32. The fourth-order valence-corrected chi connectivity index (χ4v) is 2.98. The number of rotatable bonds is 0. The van der Waals surface area contributed by atoms with E-state index in [9.17, 15) is 0 Å². The van der Waals surface area contributed by atoms with E-state index in [1.54, 1.807) is 11.1 Å². The molecule has 0 nitrogen and oxygen atoms in total. The summed E-state index contributed by atoms with van der Waals surface area (Å²) in [5, 5.41) is 2.32. The molecule has 0 spiro atoms. The van der Waals surface area contributed by atoms with Crippen LogP contribution in [0.15, 0.2) is 5.38 Å². The van der Waals surface area contributed by atoms with E-state index in [2.05, 4.69) is 14.6 Å². The number of fused-ring (bicyclic) bond motifs is 1. The van der Waals surface area contributed by atoms with Gasteiger partial charge in [-0.05, 0) is 42.2 Å². The van der Waals surface area contributed by atoms with Gasteiger partial charge in [-0.25, -0.2) is 0 Å². The molecule has 0 fully saturated rings. The molecular weight excluding hydrogens is 159 g/mol. The van der Waals surface area contributed by atoms with E-state index in [4.69, 9.17) is 0 Å². The van der Waals surface area contributed by atoms with Gasteiger partial charge in [0.05, 0.1) is 0 Å². The van der Waals surface area contributed by atoms with E-state index < -0.39 is 0 Å². The molecule has 0 radical (unpaired) electrons. The third-order valence-electron chi connectivity index (χ3n) is 2.14. The molecule has 0 aliphatic heterocycles. The first-order chi connectivity index (χ1) is 4.88. The largest absolute Gasteiger partial charge is 0.144 e. The average Bonchev–Trinajstić information content (AvgIpc) is 2.34. The lowest BCUT2D eigenvalue weighted by Crippen LogP contribution is -2.04. The van der Waals surface area contributed by atoms with Crippen molar-refractivity contribution in [1.82, 2.24) is 0 Å². The summed E-state index contributed by atoms with van der Waals surface area (Å²) in [7, 11) is 2.83. The molecule has 1 atom stereocenters. The zero-order valence-corrected chi connectivity index (χ0v) is 7.86. The average molecular weight is 170 g/mol. The van der Waals surface area contributed by atoms with Gasteiger partial charge in [-0.2, -0.15) is 0 Å². The summed E-state index contributed by atoms with van der Waals surface area (Å²) in [6.07, 6.45) is 5.43. The van der Waals surface area contributed by atoms with Crippen LogP contribution in [0.3, 0.4) is 0 Å². The first-order valence-electron chi connectivity index (χ1n) is 3.72. The molecule has 2 rings (SSSR count). The highest BCUT2D eigenvalue weighted by atomic mass is 32.1. The Hall–Kier alpha value is 0.130. The maximum atomic E-state index is 2.83. The Morgan fingerprint density at radius 3 is 2.90 bits per heavy atom. The number of aryl methyl sites for hydroxylation is 1. The lowest BCUT2D eigenvalue weighted by Gasteiger charge is -2.10. The summed E-state index contributed by atoms with van der Waals surface area (Å²) in [6.45, 7) is 0. The van der Waals surface area contributed by atoms with Crippen molar-refractivity contribution in [3.05, 3.63) is 16.5 Å². The summed E-state index contributed by atoms with van der Waals surface area (Å²) >= 11 is 1.88. The van der Waals surface area contributed by atoms with Crippen molar-refractivity contribution in [3.8, 4) is 0 Å². The van der Waals surface area contributed by atoms with Crippen LogP contribution in [-0.4, -0.2) is 0 Å². The van der Waals surface area contributed by atoms with Crippen molar-refractivity contribution in [2.45, 2.75) is 25.7 Å². The van der Waals surface area contributed by atoms with E-state index in [-0.39, 0.29) is 0 Å². The fourth-order valence-electron chi connectivity index (χ4n) is 1.55. The third-order valence-corrected chi connectivity index (χ3v) is 3.80. The van der Waals surface area contributed by atoms with Crippen molar-refractivity contribution in [1.29, 1.82) is 0 Å². The molecule has 0 bridgehead atoms. The molecule has 0 aromatic carbocycles. The van der Waals surface area contributed by atoms with Crippen LogP contribution in [0.4, 0.5) is 0 Å². The molecule has 0 N–H and O–H groups in total. The topological polar surface area (TPSA) is 0 Å². The third kappa shape index (κ3) is 1.02. The van der Waals surface area contributed by atoms with Gasteiger partial charge in [-0.1, -0.05) is 9.24 Å². The van der Waals surface area contributed by atoms with E-state index in [0.717, 1.165) is 0 Å². The van der Waals surface area contributed by atoms with Crippen molar-refractivity contribution in [2.75, 3.05) is 0 Å². The number of hydrogen-bond acceptors (Lipinski definition) is 1. The molecule has 10 heavy (non-hydrogen) atoms. The molecular formula is C8H11PS. The first-order valence-corrected chi connectivity index (χ1v) is 5.18. The molecule has 54 valence electrons. The van der Waals surface area contributed by atoms with Gasteiger partial charge >= 0.3 is 0 Å². The van der Waals surface area contributed by atoms with Gasteiger partial charge in [0.25, 0.3) is 0 Å². The predicted molar refractivity (Wildman–Crippen MR) is 50.3 cm³/mol. The Kier molecular flexibility index (Phi) is 1.80. The van der Waals surface area contributed by atoms with Crippen LogP contribution in [0.2, 0.25) is 0 Å². The number of hydrogen-bond donors (Lipinski definition) is 0. The molecule has 0 saturated heterocycles. The molecule has 1 aliphatic rings. The van der Waals surface area contributed by atoms with Gasteiger partial charge in [0.2, 0.25) is 0 Å². The molecule has 1 aliphatic carbocycles. The lowest BCUT2D eigenvalue weighted by atomic mass is 9.96. The Bertz CT molecular complexity index is 239. The van der Waals surface area contributed by atoms with Crippen LogP contribution >= 0.6 is 20.6 Å². The van der Waals surface area contributed by atoms with E-state index in [0.29, 0.717) is 0 Å². The summed E-state index contributed by atoms with van der Waals surface area (Å²) < 4.78 is 1.47. The molecule has 1 aromatic rings.